The fraction of sp³-hybridized carbons (Fsp3) is 0.615. The Bertz CT molecular complexity index is 362. The first-order valence-electron chi connectivity index (χ1n) is 6.71. The third-order valence-electron chi connectivity index (χ3n) is 3.49. The van der Waals surface area contributed by atoms with Crippen molar-refractivity contribution in [2.24, 2.45) is 5.84 Å². The van der Waals surface area contributed by atoms with E-state index in [9.17, 15) is 0 Å². The first kappa shape index (κ1) is 13.1. The summed E-state index contributed by atoms with van der Waals surface area (Å²) in [7, 11) is 0. The highest BCUT2D eigenvalue weighted by molar-refractivity contribution is 5.44. The van der Waals surface area contributed by atoms with E-state index in [2.05, 4.69) is 27.6 Å². The Hall–Kier alpha value is -1.33. The molecule has 4 N–H and O–H groups in total. The second kappa shape index (κ2) is 6.56. The number of hydrogen-bond acceptors (Lipinski definition) is 5. The number of likely N-dealkylation sites (tertiary alicyclic amines) is 1. The normalized spacial score (nSPS) is 18.3. The first-order valence-corrected chi connectivity index (χ1v) is 6.71. The van der Waals surface area contributed by atoms with Gasteiger partial charge in [0.1, 0.15) is 11.6 Å². The van der Waals surface area contributed by atoms with Crippen molar-refractivity contribution in [3.8, 4) is 0 Å². The third-order valence-corrected chi connectivity index (χ3v) is 3.49. The molecule has 1 aliphatic rings. The van der Waals surface area contributed by atoms with Crippen LogP contribution < -0.4 is 16.6 Å². The van der Waals surface area contributed by atoms with Gasteiger partial charge in [-0.15, -0.1) is 0 Å². The number of anilines is 2. The van der Waals surface area contributed by atoms with Crippen LogP contribution in [0, 0.1) is 0 Å². The van der Waals surface area contributed by atoms with Crippen molar-refractivity contribution in [3.63, 3.8) is 0 Å². The van der Waals surface area contributed by atoms with E-state index in [-0.39, 0.29) is 0 Å². The largest absolute Gasteiger partial charge is 0.368 e. The Kier molecular flexibility index (Phi) is 4.78. The first-order chi connectivity index (χ1) is 8.79. The highest BCUT2D eigenvalue weighted by Crippen LogP contribution is 2.13. The van der Waals surface area contributed by atoms with Crippen LogP contribution in [0.3, 0.4) is 0 Å². The zero-order chi connectivity index (χ0) is 12.8. The average Bonchev–Trinajstić information content (AvgIpc) is 2.46. The summed E-state index contributed by atoms with van der Waals surface area (Å²) in [6.07, 6.45) is 4.03. The van der Waals surface area contributed by atoms with E-state index in [4.69, 9.17) is 5.84 Å². The summed E-state index contributed by atoms with van der Waals surface area (Å²) in [6, 6.07) is 6.29. The summed E-state index contributed by atoms with van der Waals surface area (Å²) in [4.78, 5) is 6.89. The molecule has 0 amide bonds. The van der Waals surface area contributed by atoms with E-state index in [1.165, 1.54) is 32.4 Å². The van der Waals surface area contributed by atoms with Crippen molar-refractivity contribution in [3.05, 3.63) is 18.2 Å². The summed E-state index contributed by atoms with van der Waals surface area (Å²) in [5.74, 6) is 6.90. The lowest BCUT2D eigenvalue weighted by Crippen LogP contribution is -2.41. The Morgan fingerprint density at radius 1 is 1.28 bits per heavy atom. The maximum Gasteiger partial charge on any atom is 0.142 e. The van der Waals surface area contributed by atoms with Gasteiger partial charge in [0.2, 0.25) is 0 Å². The Morgan fingerprint density at radius 2 is 2.00 bits per heavy atom. The molecule has 2 rings (SSSR count). The molecule has 1 aromatic heterocycles. The van der Waals surface area contributed by atoms with Crippen molar-refractivity contribution in [2.45, 2.75) is 32.2 Å². The molecule has 1 saturated heterocycles. The van der Waals surface area contributed by atoms with Crippen molar-refractivity contribution in [1.29, 1.82) is 0 Å². The second-order valence-electron chi connectivity index (χ2n) is 4.88. The summed E-state index contributed by atoms with van der Waals surface area (Å²) < 4.78 is 0. The maximum absolute atomic E-state index is 5.34. The molecule has 5 heteroatoms. The van der Waals surface area contributed by atoms with Gasteiger partial charge in [-0.25, -0.2) is 10.8 Å². The lowest BCUT2D eigenvalue weighted by Gasteiger charge is -2.32. The molecule has 0 spiro atoms. The Balaban J connectivity index is 1.82. The van der Waals surface area contributed by atoms with Crippen LogP contribution in [0.25, 0.3) is 0 Å². The molecule has 1 fully saturated rings. The molecule has 0 bridgehead atoms. The molecule has 18 heavy (non-hydrogen) atoms. The second-order valence-corrected chi connectivity index (χ2v) is 4.88. The topological polar surface area (TPSA) is 66.2 Å². The number of piperidine rings is 1. The molecule has 0 aliphatic carbocycles. The van der Waals surface area contributed by atoms with Gasteiger partial charge < -0.3 is 10.7 Å². The highest BCUT2D eigenvalue weighted by Gasteiger charge is 2.16. The van der Waals surface area contributed by atoms with Crippen molar-refractivity contribution in [2.75, 3.05) is 30.4 Å². The maximum atomic E-state index is 5.34. The number of nitrogens with two attached hydrogens (primary N) is 1. The van der Waals surface area contributed by atoms with E-state index in [1.807, 2.05) is 18.2 Å². The van der Waals surface area contributed by atoms with Gasteiger partial charge in [0.25, 0.3) is 0 Å². The summed E-state index contributed by atoms with van der Waals surface area (Å²) in [5, 5.41) is 3.37. The minimum absolute atomic E-state index is 0.543. The van der Waals surface area contributed by atoms with Gasteiger partial charge in [-0.1, -0.05) is 12.5 Å². The molecule has 1 aliphatic heterocycles. The minimum Gasteiger partial charge on any atom is -0.368 e. The summed E-state index contributed by atoms with van der Waals surface area (Å²) in [5.41, 5.74) is 2.56. The molecule has 1 unspecified atom stereocenters. The van der Waals surface area contributed by atoms with Gasteiger partial charge in [0.05, 0.1) is 0 Å². The number of hydrazine groups is 1. The number of aromatic nitrogens is 1. The van der Waals surface area contributed by atoms with Crippen LogP contribution in [0.1, 0.15) is 26.2 Å². The number of nitrogens with one attached hydrogen (secondary N) is 2. The predicted octanol–water partition coefficient (Wildman–Crippen LogP) is 1.65. The zero-order valence-electron chi connectivity index (χ0n) is 11.0. The van der Waals surface area contributed by atoms with E-state index in [1.54, 1.807) is 0 Å². The van der Waals surface area contributed by atoms with Crippen LogP contribution in [0.2, 0.25) is 0 Å². The van der Waals surface area contributed by atoms with E-state index in [0.717, 1.165) is 12.4 Å². The summed E-state index contributed by atoms with van der Waals surface area (Å²) in [6.45, 7) is 5.63. The monoisotopic (exact) mass is 249 g/mol. The van der Waals surface area contributed by atoms with E-state index < -0.39 is 0 Å². The quantitative estimate of drug-likeness (QED) is 0.547. The number of nitrogens with zero attached hydrogens (tertiary/aromatic N) is 2. The fourth-order valence-electron chi connectivity index (χ4n) is 2.35. The molecule has 1 atom stereocenters. The van der Waals surface area contributed by atoms with Crippen molar-refractivity contribution in [1.82, 2.24) is 9.88 Å². The van der Waals surface area contributed by atoms with Crippen LogP contribution in [-0.2, 0) is 0 Å². The lowest BCUT2D eigenvalue weighted by molar-refractivity contribution is 0.180. The number of pyridine rings is 1. The van der Waals surface area contributed by atoms with Crippen LogP contribution in [0.15, 0.2) is 18.2 Å². The summed E-state index contributed by atoms with van der Waals surface area (Å²) >= 11 is 0. The fourth-order valence-corrected chi connectivity index (χ4v) is 2.35. The molecule has 2 heterocycles. The number of hydrogen-bond donors (Lipinski definition) is 3. The van der Waals surface area contributed by atoms with Gasteiger partial charge in [-0.3, -0.25) is 4.90 Å². The molecule has 1 aromatic rings. The molecule has 0 radical (unpaired) electrons. The minimum atomic E-state index is 0.543. The van der Waals surface area contributed by atoms with Crippen LogP contribution >= 0.6 is 0 Å². The molecule has 0 saturated carbocycles. The zero-order valence-corrected chi connectivity index (χ0v) is 11.0. The van der Waals surface area contributed by atoms with Crippen molar-refractivity contribution < 1.29 is 0 Å². The standard InChI is InChI=1S/C13H23N5/c1-11(18-8-3-2-4-9-18)10-15-12-6-5-7-13(16-12)17-14/h5-7,11H,2-4,8-10,14H2,1H3,(H2,15,16,17). The molecule has 5 nitrogen and oxygen atoms in total. The van der Waals surface area contributed by atoms with Gasteiger partial charge >= 0.3 is 0 Å². The van der Waals surface area contributed by atoms with E-state index >= 15 is 0 Å². The van der Waals surface area contributed by atoms with Gasteiger partial charge in [0, 0.05) is 12.6 Å². The Labute approximate surface area is 109 Å². The van der Waals surface area contributed by atoms with Gasteiger partial charge in [-0.05, 0) is 45.0 Å². The van der Waals surface area contributed by atoms with Crippen LogP contribution in [0.4, 0.5) is 11.6 Å². The van der Waals surface area contributed by atoms with Crippen molar-refractivity contribution >= 4 is 11.6 Å². The number of rotatable bonds is 5. The molecular formula is C13H23N5. The number of nitrogen functional groups attached to an aromatic ring is 1. The SMILES string of the molecule is CC(CNc1cccc(NN)n1)N1CCCCC1. The third kappa shape index (κ3) is 3.58. The molecule has 100 valence electrons. The highest BCUT2D eigenvalue weighted by atomic mass is 15.3. The smallest absolute Gasteiger partial charge is 0.142 e. The lowest BCUT2D eigenvalue weighted by atomic mass is 10.1. The van der Waals surface area contributed by atoms with Crippen LogP contribution in [-0.4, -0.2) is 35.6 Å². The average molecular weight is 249 g/mol. The van der Waals surface area contributed by atoms with E-state index in [0.29, 0.717) is 11.9 Å². The predicted molar refractivity (Wildman–Crippen MR) is 75.4 cm³/mol. The molecule has 0 aromatic carbocycles. The molecular weight excluding hydrogens is 226 g/mol. The van der Waals surface area contributed by atoms with Gasteiger partial charge in [-0.2, -0.15) is 0 Å². The van der Waals surface area contributed by atoms with Gasteiger partial charge in [0.15, 0.2) is 0 Å². The van der Waals surface area contributed by atoms with Crippen LogP contribution in [0.5, 0.6) is 0 Å². The Morgan fingerprint density at radius 3 is 2.72 bits per heavy atom.